The number of nitrogens with two attached hydrogens (primary N) is 1. The molecule has 0 spiro atoms. The normalized spacial score (nSPS) is 12.9. The van der Waals surface area contributed by atoms with Gasteiger partial charge < -0.3 is 5.73 Å². The van der Waals surface area contributed by atoms with Crippen LogP contribution >= 0.6 is 0 Å². The van der Waals surface area contributed by atoms with Gasteiger partial charge in [-0.2, -0.15) is 0 Å². The van der Waals surface area contributed by atoms with E-state index in [0.717, 1.165) is 6.42 Å². The van der Waals surface area contributed by atoms with Crippen LogP contribution in [0.1, 0.15) is 33.2 Å². The molecular weight excluding hydrogens is 245 g/mol. The van der Waals surface area contributed by atoms with E-state index in [1.54, 1.807) is 10.7 Å². The van der Waals surface area contributed by atoms with Crippen LogP contribution in [0, 0.1) is 11.7 Å². The number of aromatic nitrogens is 4. The summed E-state index contributed by atoms with van der Waals surface area (Å²) in [6.07, 6.45) is 0.957. The van der Waals surface area contributed by atoms with E-state index in [1.807, 2.05) is 0 Å². The average Bonchev–Trinajstić information content (AvgIpc) is 2.76. The van der Waals surface area contributed by atoms with Gasteiger partial charge in [-0.15, -0.1) is 5.10 Å². The minimum atomic E-state index is -0.365. The van der Waals surface area contributed by atoms with Gasteiger partial charge in [0.1, 0.15) is 5.82 Å². The highest BCUT2D eigenvalue weighted by Crippen LogP contribution is 2.27. The standard InChI is InChI=1S/C13H18FN5/c1-8(2)6-9(3)19-13(16-17-18-19)11-5-4-10(14)7-12(11)15/h4-5,7-9H,6,15H2,1-3H3. The predicted molar refractivity (Wildman–Crippen MR) is 71.8 cm³/mol. The fourth-order valence-corrected chi connectivity index (χ4v) is 2.19. The quantitative estimate of drug-likeness (QED) is 0.861. The molecule has 1 heterocycles. The molecule has 2 aromatic rings. The number of hydrogen-bond donors (Lipinski definition) is 1. The first kappa shape index (κ1) is 13.5. The summed E-state index contributed by atoms with van der Waals surface area (Å²) in [6.45, 7) is 6.35. The Kier molecular flexibility index (Phi) is 3.78. The lowest BCUT2D eigenvalue weighted by Crippen LogP contribution is -2.12. The molecule has 0 fully saturated rings. The van der Waals surface area contributed by atoms with E-state index in [1.165, 1.54) is 12.1 Å². The van der Waals surface area contributed by atoms with Crippen LogP contribution in [0.4, 0.5) is 10.1 Å². The molecule has 5 nitrogen and oxygen atoms in total. The lowest BCUT2D eigenvalue weighted by Gasteiger charge is -2.16. The van der Waals surface area contributed by atoms with Crippen molar-refractivity contribution < 1.29 is 4.39 Å². The van der Waals surface area contributed by atoms with E-state index in [0.29, 0.717) is 23.0 Å². The molecule has 0 aliphatic heterocycles. The van der Waals surface area contributed by atoms with E-state index in [4.69, 9.17) is 5.73 Å². The molecule has 6 heteroatoms. The molecule has 2 rings (SSSR count). The maximum atomic E-state index is 13.1. The Labute approximate surface area is 111 Å². The summed E-state index contributed by atoms with van der Waals surface area (Å²) >= 11 is 0. The van der Waals surface area contributed by atoms with Gasteiger partial charge in [0, 0.05) is 11.3 Å². The second kappa shape index (κ2) is 5.34. The van der Waals surface area contributed by atoms with Gasteiger partial charge in [-0.05, 0) is 47.9 Å². The Balaban J connectivity index is 2.38. The van der Waals surface area contributed by atoms with Crippen LogP contribution in [-0.4, -0.2) is 20.2 Å². The lowest BCUT2D eigenvalue weighted by molar-refractivity contribution is 0.394. The predicted octanol–water partition coefficient (Wildman–Crippen LogP) is 2.67. The molecule has 1 aromatic heterocycles. The Morgan fingerprint density at radius 3 is 2.68 bits per heavy atom. The molecule has 1 aromatic carbocycles. The van der Waals surface area contributed by atoms with Crippen molar-refractivity contribution >= 4 is 5.69 Å². The van der Waals surface area contributed by atoms with E-state index in [-0.39, 0.29) is 11.9 Å². The molecule has 0 saturated heterocycles. The van der Waals surface area contributed by atoms with Crippen molar-refractivity contribution in [2.75, 3.05) is 5.73 Å². The Bertz CT molecular complexity index is 564. The molecule has 19 heavy (non-hydrogen) atoms. The smallest absolute Gasteiger partial charge is 0.184 e. The van der Waals surface area contributed by atoms with Crippen molar-refractivity contribution in [3.05, 3.63) is 24.0 Å². The number of hydrogen-bond acceptors (Lipinski definition) is 4. The highest BCUT2D eigenvalue weighted by Gasteiger charge is 2.17. The van der Waals surface area contributed by atoms with Crippen LogP contribution in [0.3, 0.4) is 0 Å². The summed E-state index contributed by atoms with van der Waals surface area (Å²) in [5.41, 5.74) is 6.83. The van der Waals surface area contributed by atoms with Gasteiger partial charge in [0.2, 0.25) is 0 Å². The number of rotatable bonds is 4. The first-order chi connectivity index (χ1) is 8.99. The zero-order valence-corrected chi connectivity index (χ0v) is 11.3. The molecule has 2 N–H and O–H groups in total. The van der Waals surface area contributed by atoms with Crippen molar-refractivity contribution in [2.45, 2.75) is 33.2 Å². The van der Waals surface area contributed by atoms with Gasteiger partial charge in [-0.1, -0.05) is 13.8 Å². The number of anilines is 1. The first-order valence-electron chi connectivity index (χ1n) is 6.32. The third kappa shape index (κ3) is 2.89. The number of nitrogen functional groups attached to an aromatic ring is 1. The molecular formula is C13H18FN5. The van der Waals surface area contributed by atoms with Crippen LogP contribution < -0.4 is 5.73 Å². The monoisotopic (exact) mass is 263 g/mol. The summed E-state index contributed by atoms with van der Waals surface area (Å²) in [6, 6.07) is 4.41. The van der Waals surface area contributed by atoms with Gasteiger partial charge in [0.05, 0.1) is 6.04 Å². The minimum Gasteiger partial charge on any atom is -0.398 e. The van der Waals surface area contributed by atoms with E-state index >= 15 is 0 Å². The average molecular weight is 263 g/mol. The highest BCUT2D eigenvalue weighted by molar-refractivity contribution is 5.71. The number of halogens is 1. The number of benzene rings is 1. The number of nitrogens with zero attached hydrogens (tertiary/aromatic N) is 4. The topological polar surface area (TPSA) is 69.6 Å². The summed E-state index contributed by atoms with van der Waals surface area (Å²) in [7, 11) is 0. The van der Waals surface area contributed by atoms with Gasteiger partial charge in [-0.25, -0.2) is 9.07 Å². The van der Waals surface area contributed by atoms with Crippen LogP contribution in [-0.2, 0) is 0 Å². The molecule has 0 saturated carbocycles. The van der Waals surface area contributed by atoms with Gasteiger partial charge in [-0.3, -0.25) is 0 Å². The van der Waals surface area contributed by atoms with Crippen molar-refractivity contribution in [1.29, 1.82) is 0 Å². The van der Waals surface area contributed by atoms with E-state index < -0.39 is 0 Å². The molecule has 102 valence electrons. The van der Waals surface area contributed by atoms with Crippen LogP contribution in [0.5, 0.6) is 0 Å². The van der Waals surface area contributed by atoms with E-state index in [2.05, 4.69) is 36.3 Å². The maximum Gasteiger partial charge on any atom is 0.184 e. The second-order valence-electron chi connectivity index (χ2n) is 5.16. The van der Waals surface area contributed by atoms with Crippen LogP contribution in [0.25, 0.3) is 11.4 Å². The van der Waals surface area contributed by atoms with Crippen molar-refractivity contribution in [2.24, 2.45) is 5.92 Å². The lowest BCUT2D eigenvalue weighted by atomic mass is 10.0. The first-order valence-corrected chi connectivity index (χ1v) is 6.32. The molecule has 0 amide bonds. The highest BCUT2D eigenvalue weighted by atomic mass is 19.1. The molecule has 1 unspecified atom stereocenters. The van der Waals surface area contributed by atoms with Crippen LogP contribution in [0.15, 0.2) is 18.2 Å². The Morgan fingerprint density at radius 1 is 1.32 bits per heavy atom. The SMILES string of the molecule is CC(C)CC(C)n1nnnc1-c1ccc(F)cc1N. The summed E-state index contributed by atoms with van der Waals surface area (Å²) in [5.74, 6) is 0.749. The van der Waals surface area contributed by atoms with Gasteiger partial charge in [0.25, 0.3) is 0 Å². The van der Waals surface area contributed by atoms with Crippen molar-refractivity contribution in [1.82, 2.24) is 20.2 Å². The summed E-state index contributed by atoms with van der Waals surface area (Å²) in [5, 5.41) is 11.7. The molecule has 0 radical (unpaired) electrons. The minimum absolute atomic E-state index is 0.162. The van der Waals surface area contributed by atoms with Crippen molar-refractivity contribution in [3.63, 3.8) is 0 Å². The van der Waals surface area contributed by atoms with Crippen LogP contribution in [0.2, 0.25) is 0 Å². The van der Waals surface area contributed by atoms with Crippen molar-refractivity contribution in [3.8, 4) is 11.4 Å². The Morgan fingerprint density at radius 2 is 2.05 bits per heavy atom. The van der Waals surface area contributed by atoms with E-state index in [9.17, 15) is 4.39 Å². The second-order valence-corrected chi connectivity index (χ2v) is 5.16. The summed E-state index contributed by atoms with van der Waals surface area (Å²) < 4.78 is 14.8. The van der Waals surface area contributed by atoms with Gasteiger partial charge in [0.15, 0.2) is 5.82 Å². The number of tetrazole rings is 1. The molecule has 0 bridgehead atoms. The maximum absolute atomic E-state index is 13.1. The zero-order valence-electron chi connectivity index (χ0n) is 11.3. The fourth-order valence-electron chi connectivity index (χ4n) is 2.19. The largest absolute Gasteiger partial charge is 0.398 e. The molecule has 1 atom stereocenters. The third-order valence-corrected chi connectivity index (χ3v) is 2.98. The Hall–Kier alpha value is -1.98. The zero-order chi connectivity index (χ0) is 14.0. The summed E-state index contributed by atoms with van der Waals surface area (Å²) in [4.78, 5) is 0. The van der Waals surface area contributed by atoms with Gasteiger partial charge >= 0.3 is 0 Å². The fraction of sp³-hybridized carbons (Fsp3) is 0.462. The third-order valence-electron chi connectivity index (χ3n) is 2.98. The molecule has 0 aliphatic rings. The molecule has 0 aliphatic carbocycles.